The van der Waals surface area contributed by atoms with Gasteiger partial charge in [0.05, 0.1) is 12.8 Å². The van der Waals surface area contributed by atoms with E-state index in [0.717, 1.165) is 44.3 Å². The Labute approximate surface area is 168 Å². The van der Waals surface area contributed by atoms with Gasteiger partial charge in [0.25, 0.3) is 0 Å². The second-order valence-corrected chi connectivity index (χ2v) is 7.26. The molecule has 1 aliphatic rings. The SMILES string of the molecule is CCCC(CO)/C(CC)=C(/N=C(N)N1CCCCC1)c1ccc(OC)cc1F. The summed E-state index contributed by atoms with van der Waals surface area (Å²) in [4.78, 5) is 6.78. The first-order chi connectivity index (χ1) is 13.5. The number of piperidine rings is 1. The average Bonchev–Trinajstić information content (AvgIpc) is 2.73. The number of aliphatic hydroxyl groups is 1. The van der Waals surface area contributed by atoms with Crippen molar-refractivity contribution in [3.05, 3.63) is 35.2 Å². The van der Waals surface area contributed by atoms with Crippen molar-refractivity contribution >= 4 is 11.7 Å². The summed E-state index contributed by atoms with van der Waals surface area (Å²) in [5.74, 6) is 0.413. The number of hydrogen-bond donors (Lipinski definition) is 2. The van der Waals surface area contributed by atoms with Crippen LogP contribution in [0.25, 0.3) is 5.70 Å². The average molecular weight is 392 g/mol. The lowest BCUT2D eigenvalue weighted by atomic mass is 9.89. The maximum absolute atomic E-state index is 14.9. The first-order valence-corrected chi connectivity index (χ1v) is 10.3. The van der Waals surface area contributed by atoms with Crippen molar-refractivity contribution in [2.45, 2.75) is 52.4 Å². The number of benzene rings is 1. The van der Waals surface area contributed by atoms with Gasteiger partial charge < -0.3 is 20.5 Å². The van der Waals surface area contributed by atoms with E-state index in [1.165, 1.54) is 19.6 Å². The van der Waals surface area contributed by atoms with Crippen LogP contribution in [0.1, 0.15) is 57.9 Å². The molecular formula is C22H34FN3O2. The van der Waals surface area contributed by atoms with Crippen molar-refractivity contribution in [1.29, 1.82) is 0 Å². The van der Waals surface area contributed by atoms with Crippen molar-refractivity contribution in [2.75, 3.05) is 26.8 Å². The van der Waals surface area contributed by atoms with Crippen LogP contribution >= 0.6 is 0 Å². The van der Waals surface area contributed by atoms with Gasteiger partial charge in [0.15, 0.2) is 5.96 Å². The number of nitrogens with zero attached hydrogens (tertiary/aromatic N) is 2. The van der Waals surface area contributed by atoms with Crippen LogP contribution in [-0.2, 0) is 0 Å². The van der Waals surface area contributed by atoms with Crippen molar-refractivity contribution in [2.24, 2.45) is 16.6 Å². The fourth-order valence-electron chi connectivity index (χ4n) is 3.80. The second kappa shape index (κ2) is 11.1. The topological polar surface area (TPSA) is 71.1 Å². The van der Waals surface area contributed by atoms with Gasteiger partial charge >= 0.3 is 0 Å². The fraction of sp³-hybridized carbons (Fsp3) is 0.591. The van der Waals surface area contributed by atoms with Crippen LogP contribution < -0.4 is 10.5 Å². The number of aliphatic imine (C=N–C) groups is 1. The summed E-state index contributed by atoms with van der Waals surface area (Å²) < 4.78 is 20.1. The molecule has 0 aliphatic carbocycles. The Morgan fingerprint density at radius 2 is 2.00 bits per heavy atom. The third-order valence-electron chi connectivity index (χ3n) is 5.37. The molecule has 6 heteroatoms. The summed E-state index contributed by atoms with van der Waals surface area (Å²) in [5.41, 5.74) is 8.21. The molecule has 1 aromatic carbocycles. The zero-order valence-electron chi connectivity index (χ0n) is 17.4. The lowest BCUT2D eigenvalue weighted by molar-refractivity contribution is 0.237. The van der Waals surface area contributed by atoms with E-state index in [-0.39, 0.29) is 12.5 Å². The van der Waals surface area contributed by atoms with Crippen LogP contribution in [0.2, 0.25) is 0 Å². The van der Waals surface area contributed by atoms with Crippen LogP contribution in [0.3, 0.4) is 0 Å². The molecule has 28 heavy (non-hydrogen) atoms. The van der Waals surface area contributed by atoms with E-state index in [1.54, 1.807) is 12.1 Å². The van der Waals surface area contributed by atoms with E-state index < -0.39 is 5.82 Å². The van der Waals surface area contributed by atoms with Crippen LogP contribution in [0.15, 0.2) is 28.8 Å². The van der Waals surface area contributed by atoms with Crippen LogP contribution in [0.5, 0.6) is 5.75 Å². The van der Waals surface area contributed by atoms with Gasteiger partial charge in [-0.25, -0.2) is 9.38 Å². The van der Waals surface area contributed by atoms with E-state index in [2.05, 4.69) is 11.8 Å². The van der Waals surface area contributed by atoms with E-state index in [0.29, 0.717) is 29.4 Å². The minimum Gasteiger partial charge on any atom is -0.497 e. The van der Waals surface area contributed by atoms with Crippen LogP contribution in [0, 0.1) is 11.7 Å². The molecule has 1 heterocycles. The number of likely N-dealkylation sites (tertiary alicyclic amines) is 1. The molecule has 3 N–H and O–H groups in total. The van der Waals surface area contributed by atoms with Gasteiger partial charge in [0, 0.05) is 37.2 Å². The molecule has 0 bridgehead atoms. The number of halogens is 1. The minimum atomic E-state index is -0.399. The van der Waals surface area contributed by atoms with Crippen molar-refractivity contribution in [3.8, 4) is 5.75 Å². The highest BCUT2D eigenvalue weighted by molar-refractivity contribution is 5.86. The molecule has 0 spiro atoms. The molecule has 1 atom stereocenters. The fourth-order valence-corrected chi connectivity index (χ4v) is 3.80. The van der Waals surface area contributed by atoms with E-state index >= 15 is 0 Å². The molecule has 1 saturated heterocycles. The van der Waals surface area contributed by atoms with Gasteiger partial charge in [-0.05, 0) is 49.8 Å². The summed E-state index contributed by atoms with van der Waals surface area (Å²) in [7, 11) is 1.51. The zero-order valence-corrected chi connectivity index (χ0v) is 17.4. The quantitative estimate of drug-likeness (QED) is 0.515. The lowest BCUT2D eigenvalue weighted by Gasteiger charge is -2.28. The Hall–Kier alpha value is -2.08. The number of methoxy groups -OCH3 is 1. The molecule has 0 aromatic heterocycles. The molecular weight excluding hydrogens is 357 g/mol. The van der Waals surface area contributed by atoms with Crippen molar-refractivity contribution in [3.63, 3.8) is 0 Å². The minimum absolute atomic E-state index is 0.0113. The van der Waals surface area contributed by atoms with Gasteiger partial charge in [-0.15, -0.1) is 0 Å². The van der Waals surface area contributed by atoms with Crippen LogP contribution in [0.4, 0.5) is 4.39 Å². The summed E-state index contributed by atoms with van der Waals surface area (Å²) >= 11 is 0. The van der Waals surface area contributed by atoms with Gasteiger partial charge in [-0.3, -0.25) is 0 Å². The first kappa shape index (κ1) is 22.2. The molecule has 156 valence electrons. The Morgan fingerprint density at radius 1 is 1.29 bits per heavy atom. The highest BCUT2D eigenvalue weighted by Gasteiger charge is 2.21. The molecule has 1 unspecified atom stereocenters. The highest BCUT2D eigenvalue weighted by Crippen LogP contribution is 2.33. The maximum Gasteiger partial charge on any atom is 0.196 e. The predicted molar refractivity (Wildman–Crippen MR) is 113 cm³/mol. The van der Waals surface area contributed by atoms with Crippen LogP contribution in [-0.4, -0.2) is 42.8 Å². The molecule has 0 saturated carbocycles. The molecule has 1 aromatic rings. The number of nitrogens with two attached hydrogens (primary N) is 1. The van der Waals surface area contributed by atoms with Crippen molar-refractivity contribution in [1.82, 2.24) is 4.90 Å². The van der Waals surface area contributed by atoms with Gasteiger partial charge in [0.1, 0.15) is 11.6 Å². The van der Waals surface area contributed by atoms with E-state index in [4.69, 9.17) is 15.5 Å². The molecule has 0 amide bonds. The zero-order chi connectivity index (χ0) is 20.5. The maximum atomic E-state index is 14.9. The van der Waals surface area contributed by atoms with Gasteiger partial charge in [-0.1, -0.05) is 20.3 Å². The van der Waals surface area contributed by atoms with E-state index in [9.17, 15) is 9.50 Å². The molecule has 5 nitrogen and oxygen atoms in total. The standard InChI is InChI=1S/C22H34FN3O2/c1-4-9-16(15-27)18(5-2)21(19-11-10-17(28-3)14-20(19)23)25-22(24)26-12-7-6-8-13-26/h10-11,14,16,27H,4-9,12-13,15H2,1-3H3,(H2,24,25)/b21-18+. The Balaban J connectivity index is 2.58. The number of hydrogen-bond acceptors (Lipinski definition) is 3. The number of guanidine groups is 1. The van der Waals surface area contributed by atoms with Gasteiger partial charge in [-0.2, -0.15) is 0 Å². The summed E-state index contributed by atoms with van der Waals surface area (Å²) in [6.07, 6.45) is 5.79. The summed E-state index contributed by atoms with van der Waals surface area (Å²) in [6, 6.07) is 4.78. The monoisotopic (exact) mass is 391 g/mol. The number of ether oxygens (including phenoxy) is 1. The third kappa shape index (κ3) is 5.47. The molecule has 1 fully saturated rings. The summed E-state index contributed by atoms with van der Waals surface area (Å²) in [5, 5.41) is 9.95. The first-order valence-electron chi connectivity index (χ1n) is 10.3. The second-order valence-electron chi connectivity index (χ2n) is 7.26. The predicted octanol–water partition coefficient (Wildman–Crippen LogP) is 4.16. The molecule has 1 aliphatic heterocycles. The Kier molecular flexibility index (Phi) is 8.77. The Bertz CT molecular complexity index is 697. The highest BCUT2D eigenvalue weighted by atomic mass is 19.1. The summed E-state index contributed by atoms with van der Waals surface area (Å²) in [6.45, 7) is 5.84. The molecule has 2 rings (SSSR count). The third-order valence-corrected chi connectivity index (χ3v) is 5.37. The normalized spacial score (nSPS) is 17.3. The lowest BCUT2D eigenvalue weighted by Crippen LogP contribution is -2.40. The number of aliphatic hydroxyl groups excluding tert-OH is 1. The smallest absolute Gasteiger partial charge is 0.196 e. The number of rotatable bonds is 8. The van der Waals surface area contributed by atoms with Gasteiger partial charge in [0.2, 0.25) is 0 Å². The molecule has 0 radical (unpaired) electrons. The largest absolute Gasteiger partial charge is 0.497 e. The van der Waals surface area contributed by atoms with E-state index in [1.807, 2.05) is 6.92 Å². The van der Waals surface area contributed by atoms with Crippen molar-refractivity contribution < 1.29 is 14.2 Å². The Morgan fingerprint density at radius 3 is 2.54 bits per heavy atom.